The number of nitrogens with zero attached hydrogens (tertiary/aromatic N) is 2. The molecule has 0 amide bonds. The van der Waals surface area contributed by atoms with Gasteiger partial charge in [0.25, 0.3) is 10.1 Å². The lowest BCUT2D eigenvalue weighted by molar-refractivity contribution is 0.284. The van der Waals surface area contributed by atoms with Crippen molar-refractivity contribution in [3.05, 3.63) is 47.5 Å². The molecule has 12 nitrogen and oxygen atoms in total. The summed E-state index contributed by atoms with van der Waals surface area (Å²) in [4.78, 5) is -0.0864. The Morgan fingerprint density at radius 3 is 2.09 bits per heavy atom. The molecule has 0 saturated heterocycles. The fraction of sp³-hybridized carbons (Fsp3) is 0.294. The third-order valence-corrected chi connectivity index (χ3v) is 6.71. The van der Waals surface area contributed by atoms with E-state index in [-0.39, 0.29) is 4.90 Å². The lowest BCUT2D eigenvalue weighted by atomic mass is 10.1. The molecule has 0 atom stereocenters. The molecule has 2 rings (SSSR count). The van der Waals surface area contributed by atoms with E-state index in [2.05, 4.69) is 19.7 Å². The van der Waals surface area contributed by atoms with Crippen molar-refractivity contribution in [3.8, 4) is 0 Å². The molecule has 0 saturated carbocycles. The Labute approximate surface area is 186 Å². The quantitative estimate of drug-likeness (QED) is 0.318. The molecule has 15 heteroatoms. The van der Waals surface area contributed by atoms with Crippen LogP contribution in [0.1, 0.15) is 11.1 Å². The summed E-state index contributed by atoms with van der Waals surface area (Å²) >= 11 is 0. The maximum Gasteiger partial charge on any atom is 0.397 e. The van der Waals surface area contributed by atoms with Gasteiger partial charge in [0.15, 0.2) is 9.84 Å². The summed E-state index contributed by atoms with van der Waals surface area (Å²) in [5.41, 5.74) is 2.70. The van der Waals surface area contributed by atoms with Crippen molar-refractivity contribution >= 4 is 47.4 Å². The third kappa shape index (κ3) is 8.25. The van der Waals surface area contributed by atoms with Crippen LogP contribution >= 0.6 is 0 Å². The zero-order chi connectivity index (χ0) is 24.2. The van der Waals surface area contributed by atoms with Crippen LogP contribution in [-0.2, 0) is 34.5 Å². The minimum Gasteiger partial charge on any atom is -0.369 e. The summed E-state index contributed by atoms with van der Waals surface area (Å²) in [7, 11) is -12.7. The molecule has 0 aliphatic rings. The van der Waals surface area contributed by atoms with Gasteiger partial charge in [0.05, 0.1) is 28.6 Å². The van der Waals surface area contributed by atoms with E-state index >= 15 is 0 Å². The first-order valence-electron chi connectivity index (χ1n) is 8.83. The van der Waals surface area contributed by atoms with Gasteiger partial charge >= 0.3 is 10.4 Å². The second-order valence-corrected chi connectivity index (χ2v) is 11.3. The summed E-state index contributed by atoms with van der Waals surface area (Å²) in [5.74, 6) is -1.28. The molecule has 0 heterocycles. The van der Waals surface area contributed by atoms with E-state index in [4.69, 9.17) is 9.11 Å². The van der Waals surface area contributed by atoms with Gasteiger partial charge in [0.1, 0.15) is 5.88 Å². The van der Waals surface area contributed by atoms with Gasteiger partial charge < -0.3 is 5.32 Å². The Morgan fingerprint density at radius 2 is 1.53 bits per heavy atom. The average molecular weight is 508 g/mol. The van der Waals surface area contributed by atoms with E-state index in [1.165, 1.54) is 24.3 Å². The first-order chi connectivity index (χ1) is 14.7. The lowest BCUT2D eigenvalue weighted by Crippen LogP contribution is -2.15. The Kier molecular flexibility index (Phi) is 8.08. The molecule has 0 bridgehead atoms. The van der Waals surface area contributed by atoms with Crippen LogP contribution in [-0.4, -0.2) is 52.6 Å². The summed E-state index contributed by atoms with van der Waals surface area (Å²) in [6, 6.07) is 8.68. The van der Waals surface area contributed by atoms with Crippen LogP contribution in [0.3, 0.4) is 0 Å². The number of hydrogen-bond acceptors (Lipinski definition) is 10. The zero-order valence-electron chi connectivity index (χ0n) is 17.0. The smallest absolute Gasteiger partial charge is 0.369 e. The maximum atomic E-state index is 12.2. The van der Waals surface area contributed by atoms with E-state index in [1.54, 1.807) is 26.0 Å². The summed E-state index contributed by atoms with van der Waals surface area (Å²) < 4.78 is 88.5. The maximum absolute atomic E-state index is 12.2. The largest absolute Gasteiger partial charge is 0.397 e. The van der Waals surface area contributed by atoms with Crippen LogP contribution in [0.15, 0.2) is 51.5 Å². The molecule has 2 aromatic rings. The molecular formula is C17H21N3O9S3. The Morgan fingerprint density at radius 1 is 0.906 bits per heavy atom. The minimum atomic E-state index is -4.72. The molecule has 0 fully saturated rings. The number of hydrogen-bond donors (Lipinski definition) is 3. The van der Waals surface area contributed by atoms with Crippen LogP contribution in [0.5, 0.6) is 0 Å². The normalized spacial score (nSPS) is 12.9. The van der Waals surface area contributed by atoms with Gasteiger partial charge in [-0.3, -0.25) is 9.11 Å². The molecule has 0 spiro atoms. The molecule has 0 aromatic heterocycles. The van der Waals surface area contributed by atoms with Crippen LogP contribution in [0.2, 0.25) is 0 Å². The predicted molar refractivity (Wildman–Crippen MR) is 116 cm³/mol. The lowest BCUT2D eigenvalue weighted by Gasteiger charge is -2.10. The molecule has 0 aliphatic carbocycles. The Balaban J connectivity index is 2.11. The van der Waals surface area contributed by atoms with Gasteiger partial charge in [-0.05, 0) is 61.4 Å². The molecule has 0 radical (unpaired) electrons. The van der Waals surface area contributed by atoms with Crippen LogP contribution < -0.4 is 5.32 Å². The number of azo groups is 1. The highest BCUT2D eigenvalue weighted by Crippen LogP contribution is 2.28. The average Bonchev–Trinajstić information content (AvgIpc) is 2.65. The van der Waals surface area contributed by atoms with Gasteiger partial charge in [0, 0.05) is 5.69 Å². The number of anilines is 1. The van der Waals surface area contributed by atoms with Crippen molar-refractivity contribution in [1.29, 1.82) is 0 Å². The zero-order valence-corrected chi connectivity index (χ0v) is 19.4. The summed E-state index contributed by atoms with van der Waals surface area (Å²) in [5, 5.41) is 10.8. The highest BCUT2D eigenvalue weighted by Gasteiger charge is 2.16. The minimum absolute atomic E-state index is 0.0864. The second-order valence-electron chi connectivity index (χ2n) is 6.62. The number of rotatable bonds is 10. The van der Waals surface area contributed by atoms with Crippen molar-refractivity contribution in [3.63, 3.8) is 0 Å². The van der Waals surface area contributed by atoms with Gasteiger partial charge in [-0.25, -0.2) is 12.6 Å². The van der Waals surface area contributed by atoms with E-state index < -0.39 is 48.6 Å². The first kappa shape index (κ1) is 25.8. The standard InChI is InChI=1S/C17H21N3O9S3/c1-12-10-17(13(2)9-16(12)18-11-31(23,24)25)20-19-14-3-5-15(6-4-14)30(21,22)8-7-29-32(26,27)28/h3-6,9-10,18H,7-8,11H2,1-2H3,(H,23,24,25)(H,26,27,28). The van der Waals surface area contributed by atoms with Crippen LogP contribution in [0, 0.1) is 13.8 Å². The topological polar surface area (TPSA) is 189 Å². The van der Waals surface area contributed by atoms with Crippen molar-refractivity contribution in [2.24, 2.45) is 10.2 Å². The molecular weight excluding hydrogens is 486 g/mol. The Hall–Kier alpha value is -2.43. The van der Waals surface area contributed by atoms with Crippen LogP contribution in [0.25, 0.3) is 0 Å². The predicted octanol–water partition coefficient (Wildman–Crippen LogP) is 2.57. The molecule has 2 aromatic carbocycles. The van der Waals surface area contributed by atoms with Crippen molar-refractivity contribution in [2.45, 2.75) is 18.7 Å². The van der Waals surface area contributed by atoms with E-state index in [0.29, 0.717) is 28.2 Å². The van der Waals surface area contributed by atoms with Crippen LogP contribution in [0.4, 0.5) is 17.1 Å². The second kappa shape index (κ2) is 10.0. The van der Waals surface area contributed by atoms with Gasteiger partial charge in [-0.1, -0.05) is 0 Å². The van der Waals surface area contributed by atoms with Crippen molar-refractivity contribution < 1.29 is 38.5 Å². The Bertz CT molecular complexity index is 1320. The fourth-order valence-electron chi connectivity index (χ4n) is 2.47. The van der Waals surface area contributed by atoms with E-state index in [0.717, 1.165) is 0 Å². The van der Waals surface area contributed by atoms with E-state index in [1.807, 2.05) is 0 Å². The number of sulfone groups is 1. The fourth-order valence-corrected chi connectivity index (χ4v) is 4.29. The van der Waals surface area contributed by atoms with Gasteiger partial charge in [-0.15, -0.1) is 0 Å². The molecule has 0 aliphatic heterocycles. The molecule has 0 unspecified atom stereocenters. The summed E-state index contributed by atoms with van der Waals surface area (Å²) in [6.45, 7) is 2.73. The van der Waals surface area contributed by atoms with E-state index in [9.17, 15) is 25.3 Å². The highest BCUT2D eigenvalue weighted by atomic mass is 32.3. The SMILES string of the molecule is Cc1cc(NCS(=O)(=O)O)c(C)cc1N=Nc1ccc(S(=O)(=O)CCOS(=O)(=O)O)cc1. The molecule has 32 heavy (non-hydrogen) atoms. The van der Waals surface area contributed by atoms with Crippen molar-refractivity contribution in [1.82, 2.24) is 0 Å². The first-order valence-corrected chi connectivity index (χ1v) is 13.5. The summed E-state index contributed by atoms with van der Waals surface area (Å²) in [6.07, 6.45) is 0. The van der Waals surface area contributed by atoms with Gasteiger partial charge in [-0.2, -0.15) is 27.1 Å². The number of aryl methyl sites for hydroxylation is 2. The monoisotopic (exact) mass is 507 g/mol. The van der Waals surface area contributed by atoms with Crippen molar-refractivity contribution in [2.75, 3.05) is 23.6 Å². The molecule has 176 valence electrons. The van der Waals surface area contributed by atoms with Gasteiger partial charge in [0.2, 0.25) is 0 Å². The third-order valence-electron chi connectivity index (χ3n) is 4.04. The highest BCUT2D eigenvalue weighted by molar-refractivity contribution is 7.91. The molecule has 3 N–H and O–H groups in total. The number of benzene rings is 2. The number of nitrogens with one attached hydrogen (secondary N) is 1.